The third-order valence-electron chi connectivity index (χ3n) is 4.11. The van der Waals surface area contributed by atoms with E-state index in [9.17, 15) is 9.59 Å². The van der Waals surface area contributed by atoms with Crippen molar-refractivity contribution in [2.75, 3.05) is 11.9 Å². The highest BCUT2D eigenvalue weighted by Crippen LogP contribution is 2.15. The number of nitrogens with zero attached hydrogens (tertiary/aromatic N) is 1. The van der Waals surface area contributed by atoms with Crippen molar-refractivity contribution in [2.45, 2.75) is 6.92 Å². The summed E-state index contributed by atoms with van der Waals surface area (Å²) in [7, 11) is 0. The highest BCUT2D eigenvalue weighted by atomic mass is 35.5. The van der Waals surface area contributed by atoms with Crippen molar-refractivity contribution in [2.24, 2.45) is 5.10 Å². The first kappa shape index (κ1) is 21.1. The van der Waals surface area contributed by atoms with E-state index in [1.54, 1.807) is 61.5 Å². The fraction of sp³-hybridized carbons (Fsp3) is 0.0870. The van der Waals surface area contributed by atoms with Crippen molar-refractivity contribution in [3.63, 3.8) is 0 Å². The van der Waals surface area contributed by atoms with E-state index in [0.29, 0.717) is 27.7 Å². The molecule has 2 N–H and O–H groups in total. The quantitative estimate of drug-likeness (QED) is 0.435. The van der Waals surface area contributed by atoms with Gasteiger partial charge in [0.1, 0.15) is 5.75 Å². The first-order valence-corrected chi connectivity index (χ1v) is 9.57. The average molecular weight is 422 g/mol. The van der Waals surface area contributed by atoms with E-state index in [0.717, 1.165) is 5.56 Å². The minimum absolute atomic E-state index is 0.175. The zero-order valence-corrected chi connectivity index (χ0v) is 17.0. The van der Waals surface area contributed by atoms with Crippen LogP contribution in [0.1, 0.15) is 22.8 Å². The maximum absolute atomic E-state index is 12.3. The Hall–Kier alpha value is -3.64. The third kappa shape index (κ3) is 6.18. The third-order valence-corrected chi connectivity index (χ3v) is 4.36. The van der Waals surface area contributed by atoms with Gasteiger partial charge in [-0.25, -0.2) is 5.43 Å². The number of hydrazone groups is 1. The monoisotopic (exact) mass is 421 g/mol. The number of carbonyl (C=O) groups excluding carboxylic acids is 2. The van der Waals surface area contributed by atoms with Gasteiger partial charge < -0.3 is 10.1 Å². The van der Waals surface area contributed by atoms with Crippen LogP contribution in [0.2, 0.25) is 5.02 Å². The summed E-state index contributed by atoms with van der Waals surface area (Å²) in [6, 6.07) is 22.9. The molecule has 7 heteroatoms. The summed E-state index contributed by atoms with van der Waals surface area (Å²) in [4.78, 5) is 24.3. The van der Waals surface area contributed by atoms with Gasteiger partial charge in [0.25, 0.3) is 11.8 Å². The van der Waals surface area contributed by atoms with Crippen molar-refractivity contribution in [3.8, 4) is 5.75 Å². The zero-order chi connectivity index (χ0) is 21.3. The first-order valence-electron chi connectivity index (χ1n) is 9.19. The zero-order valence-electron chi connectivity index (χ0n) is 16.3. The van der Waals surface area contributed by atoms with Gasteiger partial charge in [0, 0.05) is 16.3 Å². The van der Waals surface area contributed by atoms with Crippen LogP contribution in [-0.2, 0) is 4.79 Å². The molecule has 3 aromatic carbocycles. The molecular weight excluding hydrogens is 402 g/mol. The molecule has 6 nitrogen and oxygen atoms in total. The molecule has 152 valence electrons. The van der Waals surface area contributed by atoms with Crippen LogP contribution in [-0.4, -0.2) is 24.1 Å². The van der Waals surface area contributed by atoms with E-state index in [4.69, 9.17) is 16.3 Å². The van der Waals surface area contributed by atoms with Crippen LogP contribution in [0.5, 0.6) is 5.75 Å². The molecule has 0 spiro atoms. The van der Waals surface area contributed by atoms with Crippen molar-refractivity contribution >= 4 is 34.8 Å². The molecule has 0 heterocycles. The molecule has 3 rings (SSSR count). The molecule has 0 aliphatic carbocycles. The SMILES string of the molecule is C/C(=N/NC(=O)COc1ccc(Cl)cc1)c1cccc(NC(=O)c2ccccc2)c1. The van der Waals surface area contributed by atoms with E-state index in [-0.39, 0.29) is 12.5 Å². The van der Waals surface area contributed by atoms with Gasteiger partial charge in [-0.3, -0.25) is 9.59 Å². The Balaban J connectivity index is 1.56. The molecule has 0 unspecified atom stereocenters. The second kappa shape index (κ2) is 10.2. The molecule has 0 saturated carbocycles. The Morgan fingerprint density at radius 3 is 2.37 bits per heavy atom. The predicted molar refractivity (Wildman–Crippen MR) is 118 cm³/mol. The Bertz CT molecular complexity index is 1050. The highest BCUT2D eigenvalue weighted by molar-refractivity contribution is 6.30. The van der Waals surface area contributed by atoms with Gasteiger partial charge in [0.15, 0.2) is 6.61 Å². The second-order valence-corrected chi connectivity index (χ2v) is 6.81. The molecule has 0 aromatic heterocycles. The normalized spacial score (nSPS) is 10.9. The molecule has 0 fully saturated rings. The molecule has 0 aliphatic heterocycles. The van der Waals surface area contributed by atoms with Gasteiger partial charge in [-0.2, -0.15) is 5.10 Å². The second-order valence-electron chi connectivity index (χ2n) is 6.38. The summed E-state index contributed by atoms with van der Waals surface area (Å²) in [5.41, 5.74) is 5.01. The molecule has 0 radical (unpaired) electrons. The number of amides is 2. The number of hydrogen-bond donors (Lipinski definition) is 2. The molecule has 0 bridgehead atoms. The number of benzene rings is 3. The van der Waals surface area contributed by atoms with Crippen molar-refractivity contribution < 1.29 is 14.3 Å². The summed E-state index contributed by atoms with van der Waals surface area (Å²) in [6.07, 6.45) is 0. The molecule has 30 heavy (non-hydrogen) atoms. The molecular formula is C23H20ClN3O3. The standard InChI is InChI=1S/C23H20ClN3O3/c1-16(26-27-22(28)15-30-21-12-10-19(24)11-13-21)18-8-5-9-20(14-18)25-23(29)17-6-3-2-4-7-17/h2-14H,15H2,1H3,(H,25,29)(H,27,28)/b26-16-. The Labute approximate surface area is 179 Å². The van der Waals surface area contributed by atoms with E-state index >= 15 is 0 Å². The van der Waals surface area contributed by atoms with E-state index in [1.807, 2.05) is 24.3 Å². The summed E-state index contributed by atoms with van der Waals surface area (Å²) >= 11 is 5.81. The lowest BCUT2D eigenvalue weighted by Gasteiger charge is -2.08. The largest absolute Gasteiger partial charge is 0.484 e. The summed E-state index contributed by atoms with van der Waals surface area (Å²) in [5, 5.41) is 7.54. The van der Waals surface area contributed by atoms with Gasteiger partial charge in [0.2, 0.25) is 0 Å². The number of ether oxygens (including phenoxy) is 1. The molecule has 0 saturated heterocycles. The van der Waals surface area contributed by atoms with Gasteiger partial charge in [-0.15, -0.1) is 0 Å². The molecule has 2 amide bonds. The topological polar surface area (TPSA) is 79.8 Å². The van der Waals surface area contributed by atoms with Crippen LogP contribution in [0, 0.1) is 0 Å². The van der Waals surface area contributed by atoms with Crippen LogP contribution in [0.4, 0.5) is 5.69 Å². The lowest BCUT2D eigenvalue weighted by molar-refractivity contribution is -0.123. The number of halogens is 1. The smallest absolute Gasteiger partial charge is 0.277 e. The molecule has 3 aromatic rings. The Morgan fingerprint density at radius 1 is 0.933 bits per heavy atom. The van der Waals surface area contributed by atoms with Crippen molar-refractivity contribution in [1.29, 1.82) is 0 Å². The molecule has 0 atom stereocenters. The van der Waals surface area contributed by atoms with Crippen LogP contribution in [0.15, 0.2) is 84.0 Å². The first-order chi connectivity index (χ1) is 14.5. The lowest BCUT2D eigenvalue weighted by atomic mass is 10.1. The highest BCUT2D eigenvalue weighted by Gasteiger charge is 2.07. The lowest BCUT2D eigenvalue weighted by Crippen LogP contribution is -2.25. The van der Waals surface area contributed by atoms with Gasteiger partial charge in [-0.05, 0) is 61.0 Å². The number of anilines is 1. The maximum atomic E-state index is 12.3. The van der Waals surface area contributed by atoms with Crippen LogP contribution in [0.3, 0.4) is 0 Å². The number of nitrogens with one attached hydrogen (secondary N) is 2. The van der Waals surface area contributed by atoms with Crippen LogP contribution in [0.25, 0.3) is 0 Å². The number of hydrogen-bond acceptors (Lipinski definition) is 4. The average Bonchev–Trinajstić information content (AvgIpc) is 2.78. The molecule has 0 aliphatic rings. The van der Waals surface area contributed by atoms with E-state index < -0.39 is 5.91 Å². The Kier molecular flexibility index (Phi) is 7.19. The maximum Gasteiger partial charge on any atom is 0.277 e. The summed E-state index contributed by atoms with van der Waals surface area (Å²) < 4.78 is 5.38. The van der Waals surface area contributed by atoms with Crippen molar-refractivity contribution in [3.05, 3.63) is 95.0 Å². The van der Waals surface area contributed by atoms with Crippen molar-refractivity contribution in [1.82, 2.24) is 5.43 Å². The fourth-order valence-corrected chi connectivity index (χ4v) is 2.66. The van der Waals surface area contributed by atoms with Crippen LogP contribution >= 0.6 is 11.6 Å². The van der Waals surface area contributed by atoms with Gasteiger partial charge in [-0.1, -0.05) is 41.9 Å². The van der Waals surface area contributed by atoms with E-state index in [2.05, 4.69) is 15.8 Å². The van der Waals surface area contributed by atoms with E-state index in [1.165, 1.54) is 0 Å². The Morgan fingerprint density at radius 2 is 1.63 bits per heavy atom. The number of rotatable bonds is 7. The number of carbonyl (C=O) groups is 2. The fourth-order valence-electron chi connectivity index (χ4n) is 2.54. The minimum atomic E-state index is -0.391. The van der Waals surface area contributed by atoms with Gasteiger partial charge in [0.05, 0.1) is 5.71 Å². The summed E-state index contributed by atoms with van der Waals surface area (Å²) in [6.45, 7) is 1.59. The predicted octanol–water partition coefficient (Wildman–Crippen LogP) is 4.51. The minimum Gasteiger partial charge on any atom is -0.484 e. The van der Waals surface area contributed by atoms with Gasteiger partial charge >= 0.3 is 0 Å². The van der Waals surface area contributed by atoms with Crippen LogP contribution < -0.4 is 15.5 Å². The summed E-state index contributed by atoms with van der Waals surface area (Å²) in [5.74, 6) is -0.0510.